The van der Waals surface area contributed by atoms with Gasteiger partial charge in [0.05, 0.1) is 0 Å². The molecule has 0 N–H and O–H groups in total. The third-order valence-electron chi connectivity index (χ3n) is 10.4. The van der Waals surface area contributed by atoms with Gasteiger partial charge in [0.25, 0.3) is 0 Å². The predicted molar refractivity (Wildman–Crippen MR) is 195 cm³/mol. The second-order valence-corrected chi connectivity index (χ2v) is 13.2. The lowest BCUT2D eigenvalue weighted by Crippen LogP contribution is -2.15. The van der Waals surface area contributed by atoms with Gasteiger partial charge in [0.15, 0.2) is 0 Å². The summed E-state index contributed by atoms with van der Waals surface area (Å²) in [6, 6.07) is 53.5. The maximum Gasteiger partial charge on any atom is 0.135 e. The Labute approximate surface area is 267 Å². The van der Waals surface area contributed by atoms with E-state index in [2.05, 4.69) is 147 Å². The van der Waals surface area contributed by atoms with Crippen LogP contribution in [0.4, 0.5) is 0 Å². The molecule has 0 saturated carbocycles. The molecule has 1 heterocycles. The lowest BCUT2D eigenvalue weighted by molar-refractivity contribution is 0.666. The molecule has 0 amide bonds. The molecule has 1 heteroatoms. The smallest absolute Gasteiger partial charge is 0.135 e. The van der Waals surface area contributed by atoms with Gasteiger partial charge >= 0.3 is 0 Å². The van der Waals surface area contributed by atoms with Crippen molar-refractivity contribution >= 4 is 54.3 Å². The molecule has 1 aliphatic carbocycles. The van der Waals surface area contributed by atoms with Gasteiger partial charge in [-0.05, 0) is 101 Å². The standard InChI is InChI=1S/C45H30O/c1-45(2)39-26-29(20-22-31(39)37-23-19-27-11-3-4-12-30(27)44(37)45)43-35-16-7-5-14-33(35)42(34-15-6-8-17-36(34)43)28-21-24-41-38(25-28)32-13-9-10-18-40(32)46-41/h3-26H,1-2H3. The molecule has 216 valence electrons. The van der Waals surface area contributed by atoms with E-state index in [1.807, 2.05) is 12.1 Å². The molecular formula is C45H30O. The average molecular weight is 587 g/mol. The highest BCUT2D eigenvalue weighted by Gasteiger charge is 2.37. The molecule has 10 rings (SSSR count). The lowest BCUT2D eigenvalue weighted by Gasteiger charge is -2.24. The first-order valence-corrected chi connectivity index (χ1v) is 16.1. The second-order valence-electron chi connectivity index (χ2n) is 13.2. The van der Waals surface area contributed by atoms with Gasteiger partial charge in [-0.3, -0.25) is 0 Å². The van der Waals surface area contributed by atoms with Crippen LogP contribution in [0.2, 0.25) is 0 Å². The molecular weight excluding hydrogens is 556 g/mol. The van der Waals surface area contributed by atoms with Crippen molar-refractivity contribution in [1.29, 1.82) is 0 Å². The van der Waals surface area contributed by atoms with Crippen LogP contribution in [0.5, 0.6) is 0 Å². The SMILES string of the molecule is CC1(C)c2cc(-c3c4ccccc4c(-c4ccc5oc6ccccc6c5c4)c4ccccc34)ccc2-c2ccc3ccccc3c21. The molecule has 0 saturated heterocycles. The van der Waals surface area contributed by atoms with Crippen LogP contribution >= 0.6 is 0 Å². The zero-order valence-electron chi connectivity index (χ0n) is 25.8. The summed E-state index contributed by atoms with van der Waals surface area (Å²) in [5, 5.41) is 10.0. The highest BCUT2D eigenvalue weighted by atomic mass is 16.3. The van der Waals surface area contributed by atoms with Crippen molar-refractivity contribution < 1.29 is 4.42 Å². The molecule has 8 aromatic carbocycles. The van der Waals surface area contributed by atoms with Gasteiger partial charge in [-0.25, -0.2) is 0 Å². The molecule has 0 aliphatic heterocycles. The fourth-order valence-electron chi connectivity index (χ4n) is 8.39. The van der Waals surface area contributed by atoms with Crippen LogP contribution in [-0.4, -0.2) is 0 Å². The molecule has 0 fully saturated rings. The van der Waals surface area contributed by atoms with E-state index >= 15 is 0 Å². The zero-order valence-corrected chi connectivity index (χ0v) is 25.8. The van der Waals surface area contributed by atoms with Crippen molar-refractivity contribution in [2.45, 2.75) is 19.3 Å². The Morgan fingerprint density at radius 1 is 0.413 bits per heavy atom. The molecule has 9 aromatic rings. The van der Waals surface area contributed by atoms with E-state index in [1.54, 1.807) is 0 Å². The Balaban J connectivity index is 1.24. The van der Waals surface area contributed by atoms with Gasteiger partial charge in [-0.1, -0.05) is 135 Å². The van der Waals surface area contributed by atoms with Crippen LogP contribution in [0, 0.1) is 0 Å². The van der Waals surface area contributed by atoms with Gasteiger partial charge in [-0.2, -0.15) is 0 Å². The van der Waals surface area contributed by atoms with E-state index in [4.69, 9.17) is 4.42 Å². The van der Waals surface area contributed by atoms with Gasteiger partial charge in [0, 0.05) is 16.2 Å². The minimum absolute atomic E-state index is 0.115. The summed E-state index contributed by atoms with van der Waals surface area (Å²) < 4.78 is 6.20. The van der Waals surface area contributed by atoms with Crippen molar-refractivity contribution in [2.75, 3.05) is 0 Å². The Morgan fingerprint density at radius 3 is 1.63 bits per heavy atom. The molecule has 0 unspecified atom stereocenters. The van der Waals surface area contributed by atoms with E-state index in [0.29, 0.717) is 0 Å². The first-order chi connectivity index (χ1) is 22.6. The number of rotatable bonds is 2. The second kappa shape index (κ2) is 9.19. The highest BCUT2D eigenvalue weighted by molar-refractivity contribution is 6.22. The summed E-state index contributed by atoms with van der Waals surface area (Å²) in [4.78, 5) is 0. The largest absolute Gasteiger partial charge is 0.456 e. The number of fused-ring (bicyclic) bond motifs is 10. The Hall–Kier alpha value is -5.66. The van der Waals surface area contributed by atoms with Crippen LogP contribution in [-0.2, 0) is 5.41 Å². The van der Waals surface area contributed by atoms with E-state index < -0.39 is 0 Å². The van der Waals surface area contributed by atoms with Gasteiger partial charge in [0.1, 0.15) is 11.2 Å². The van der Waals surface area contributed by atoms with E-state index in [-0.39, 0.29) is 5.41 Å². The number of furan rings is 1. The van der Waals surface area contributed by atoms with Crippen LogP contribution in [0.25, 0.3) is 87.6 Å². The quantitative estimate of drug-likeness (QED) is 0.184. The monoisotopic (exact) mass is 586 g/mol. The summed E-state index contributed by atoms with van der Waals surface area (Å²) >= 11 is 0. The Bertz CT molecular complexity index is 2660. The summed E-state index contributed by atoms with van der Waals surface area (Å²) in [7, 11) is 0. The summed E-state index contributed by atoms with van der Waals surface area (Å²) in [6.07, 6.45) is 0. The van der Waals surface area contributed by atoms with Gasteiger partial charge < -0.3 is 4.42 Å². The summed E-state index contributed by atoms with van der Waals surface area (Å²) in [5.74, 6) is 0. The lowest BCUT2D eigenvalue weighted by atomic mass is 9.79. The third kappa shape index (κ3) is 3.40. The predicted octanol–water partition coefficient (Wildman–Crippen LogP) is 12.7. The Kier molecular flexibility index (Phi) is 5.12. The third-order valence-corrected chi connectivity index (χ3v) is 10.4. The van der Waals surface area contributed by atoms with Crippen LogP contribution in [0.15, 0.2) is 150 Å². The first-order valence-electron chi connectivity index (χ1n) is 16.1. The number of benzene rings is 8. The van der Waals surface area contributed by atoms with Crippen LogP contribution in [0.3, 0.4) is 0 Å². The maximum atomic E-state index is 6.20. The van der Waals surface area contributed by atoms with Gasteiger partial charge in [0.2, 0.25) is 0 Å². The number of hydrogen-bond donors (Lipinski definition) is 0. The Morgan fingerprint density at radius 2 is 0.935 bits per heavy atom. The fourth-order valence-corrected chi connectivity index (χ4v) is 8.39. The molecule has 1 aromatic heterocycles. The average Bonchev–Trinajstić information content (AvgIpc) is 3.58. The van der Waals surface area contributed by atoms with E-state index in [9.17, 15) is 0 Å². The number of para-hydroxylation sites is 1. The zero-order chi connectivity index (χ0) is 30.6. The topological polar surface area (TPSA) is 13.1 Å². The first kappa shape index (κ1) is 25.6. The minimum Gasteiger partial charge on any atom is -0.456 e. The molecule has 1 nitrogen and oxygen atoms in total. The van der Waals surface area contributed by atoms with Crippen LogP contribution in [0.1, 0.15) is 25.0 Å². The fraction of sp³-hybridized carbons (Fsp3) is 0.0667. The van der Waals surface area contributed by atoms with Crippen molar-refractivity contribution in [3.05, 3.63) is 157 Å². The molecule has 0 bridgehead atoms. The molecule has 46 heavy (non-hydrogen) atoms. The van der Waals surface area contributed by atoms with E-state index in [1.165, 1.54) is 76.8 Å². The summed E-state index contributed by atoms with van der Waals surface area (Å²) in [5.41, 5.74) is 12.3. The van der Waals surface area contributed by atoms with Crippen molar-refractivity contribution in [3.8, 4) is 33.4 Å². The van der Waals surface area contributed by atoms with Crippen molar-refractivity contribution in [3.63, 3.8) is 0 Å². The molecule has 0 atom stereocenters. The number of hydrogen-bond acceptors (Lipinski definition) is 1. The summed E-state index contributed by atoms with van der Waals surface area (Å²) in [6.45, 7) is 4.78. The van der Waals surface area contributed by atoms with Crippen LogP contribution < -0.4 is 0 Å². The highest BCUT2D eigenvalue weighted by Crippen LogP contribution is 2.53. The van der Waals surface area contributed by atoms with Gasteiger partial charge in [-0.15, -0.1) is 0 Å². The van der Waals surface area contributed by atoms with E-state index in [0.717, 1.165) is 21.9 Å². The van der Waals surface area contributed by atoms with Crippen molar-refractivity contribution in [1.82, 2.24) is 0 Å². The maximum absolute atomic E-state index is 6.20. The molecule has 0 radical (unpaired) electrons. The molecule has 1 aliphatic rings. The minimum atomic E-state index is -0.115. The van der Waals surface area contributed by atoms with Crippen molar-refractivity contribution in [2.24, 2.45) is 0 Å². The normalized spacial score (nSPS) is 13.6. The molecule has 0 spiro atoms.